The molecule has 2 aromatic carbocycles. The van der Waals surface area contributed by atoms with Crippen molar-refractivity contribution in [2.24, 2.45) is 0 Å². The molecule has 0 fully saturated rings. The fourth-order valence-electron chi connectivity index (χ4n) is 2.39. The Morgan fingerprint density at radius 1 is 0.630 bits per heavy atom. The summed E-state index contributed by atoms with van der Waals surface area (Å²) in [5.41, 5.74) is -6.90. The van der Waals surface area contributed by atoms with Crippen molar-refractivity contribution in [3.8, 4) is 0 Å². The first-order valence-electron chi connectivity index (χ1n) is 7.06. The molecule has 0 atom stereocenters. The van der Waals surface area contributed by atoms with Gasteiger partial charge in [0, 0.05) is 22.3 Å². The van der Waals surface area contributed by atoms with Gasteiger partial charge in [-0.3, -0.25) is 9.59 Å². The summed E-state index contributed by atoms with van der Waals surface area (Å²) in [6.07, 6.45) is -6.23. The summed E-state index contributed by atoms with van der Waals surface area (Å²) in [5.74, 6) is -5.83. The second-order valence-corrected chi connectivity index (χ2v) is 6.12. The molecule has 144 valence electrons. The van der Waals surface area contributed by atoms with Crippen molar-refractivity contribution in [1.29, 1.82) is 0 Å². The van der Waals surface area contributed by atoms with Gasteiger partial charge in [0.1, 0.15) is 0 Å². The SMILES string of the molecule is O=C(Cl)c1ccc(C(F)(c2ccc(C(=O)Cl)cc2)C(F)(F)C(F)(F)F)cc1. The maximum Gasteiger partial charge on any atom is 0.457 e. The van der Waals surface area contributed by atoms with Gasteiger partial charge in [-0.2, -0.15) is 22.0 Å². The molecule has 0 N–H and O–H groups in total. The lowest BCUT2D eigenvalue weighted by Crippen LogP contribution is -2.53. The Bertz CT molecular complexity index is 803. The van der Waals surface area contributed by atoms with Gasteiger partial charge in [0.15, 0.2) is 0 Å². The average molecular weight is 429 g/mol. The number of hydrogen-bond acceptors (Lipinski definition) is 2. The van der Waals surface area contributed by atoms with Crippen LogP contribution in [0.1, 0.15) is 31.8 Å². The minimum Gasteiger partial charge on any atom is -0.276 e. The number of hydrogen-bond donors (Lipinski definition) is 0. The smallest absolute Gasteiger partial charge is 0.276 e. The minimum absolute atomic E-state index is 0.221. The van der Waals surface area contributed by atoms with E-state index in [1.807, 2.05) is 0 Å². The molecule has 2 nitrogen and oxygen atoms in total. The zero-order chi connectivity index (χ0) is 20.6. The van der Waals surface area contributed by atoms with E-state index in [0.29, 0.717) is 24.3 Å². The van der Waals surface area contributed by atoms with Crippen molar-refractivity contribution in [2.75, 3.05) is 0 Å². The van der Waals surface area contributed by atoms with Gasteiger partial charge in [0.2, 0.25) is 5.67 Å². The van der Waals surface area contributed by atoms with Crippen LogP contribution in [0.25, 0.3) is 0 Å². The maximum atomic E-state index is 15.5. The van der Waals surface area contributed by atoms with Gasteiger partial charge in [-0.25, -0.2) is 4.39 Å². The molecule has 0 aliphatic carbocycles. The highest BCUT2D eigenvalue weighted by atomic mass is 35.5. The number of halogens is 8. The van der Waals surface area contributed by atoms with Crippen LogP contribution in [-0.2, 0) is 5.67 Å². The second-order valence-electron chi connectivity index (χ2n) is 5.43. The second kappa shape index (κ2) is 7.16. The van der Waals surface area contributed by atoms with Crippen molar-refractivity contribution in [3.63, 3.8) is 0 Å². The Morgan fingerprint density at radius 3 is 1.15 bits per heavy atom. The third-order valence-corrected chi connectivity index (χ3v) is 4.24. The van der Waals surface area contributed by atoms with E-state index in [0.717, 1.165) is 24.3 Å². The molecule has 0 radical (unpaired) electrons. The molecule has 0 saturated heterocycles. The van der Waals surface area contributed by atoms with Crippen LogP contribution < -0.4 is 0 Å². The van der Waals surface area contributed by atoms with E-state index in [1.54, 1.807) is 0 Å². The van der Waals surface area contributed by atoms with Crippen LogP contribution >= 0.6 is 23.2 Å². The lowest BCUT2D eigenvalue weighted by Gasteiger charge is -2.35. The van der Waals surface area contributed by atoms with Crippen molar-refractivity contribution < 1.29 is 35.9 Å². The van der Waals surface area contributed by atoms with E-state index < -0.39 is 39.4 Å². The molecule has 0 unspecified atom stereocenters. The molecule has 27 heavy (non-hydrogen) atoms. The van der Waals surface area contributed by atoms with E-state index in [2.05, 4.69) is 0 Å². The number of rotatable bonds is 5. The van der Waals surface area contributed by atoms with E-state index in [4.69, 9.17) is 23.2 Å². The van der Waals surface area contributed by atoms with Crippen molar-refractivity contribution in [1.82, 2.24) is 0 Å². The lowest BCUT2D eigenvalue weighted by atomic mass is 9.81. The van der Waals surface area contributed by atoms with Crippen LogP contribution in [0.4, 0.5) is 26.3 Å². The lowest BCUT2D eigenvalue weighted by molar-refractivity contribution is -0.323. The van der Waals surface area contributed by atoms with Crippen molar-refractivity contribution in [3.05, 3.63) is 70.8 Å². The van der Waals surface area contributed by atoms with E-state index in [9.17, 15) is 31.5 Å². The average Bonchev–Trinajstić information content (AvgIpc) is 2.60. The van der Waals surface area contributed by atoms with Crippen molar-refractivity contribution >= 4 is 33.7 Å². The molecular formula is C17H8Cl2F6O2. The van der Waals surface area contributed by atoms with Crippen molar-refractivity contribution in [2.45, 2.75) is 17.8 Å². The third-order valence-electron chi connectivity index (χ3n) is 3.81. The maximum absolute atomic E-state index is 15.5. The van der Waals surface area contributed by atoms with Gasteiger partial charge < -0.3 is 0 Å². The number of benzene rings is 2. The van der Waals surface area contributed by atoms with Gasteiger partial charge >= 0.3 is 12.1 Å². The molecule has 2 aromatic rings. The van der Waals surface area contributed by atoms with Crippen LogP contribution in [0, 0.1) is 0 Å². The first-order chi connectivity index (χ1) is 12.3. The molecule has 0 spiro atoms. The topological polar surface area (TPSA) is 34.1 Å². The highest BCUT2D eigenvalue weighted by molar-refractivity contribution is 6.68. The van der Waals surface area contributed by atoms with Gasteiger partial charge in [-0.1, -0.05) is 24.3 Å². The Hall–Kier alpha value is -2.06. The van der Waals surface area contributed by atoms with Gasteiger partial charge in [0.05, 0.1) is 0 Å². The van der Waals surface area contributed by atoms with E-state index in [1.165, 1.54) is 0 Å². The normalized spacial score (nSPS) is 12.7. The monoisotopic (exact) mass is 428 g/mol. The van der Waals surface area contributed by atoms with E-state index in [-0.39, 0.29) is 11.1 Å². The summed E-state index contributed by atoms with van der Waals surface area (Å²) in [6.45, 7) is 0. The molecule has 0 heterocycles. The molecule has 2 rings (SSSR count). The first-order valence-corrected chi connectivity index (χ1v) is 7.82. The summed E-state index contributed by atoms with van der Waals surface area (Å²) >= 11 is 10.4. The predicted octanol–water partition coefficient (Wildman–Crippen LogP) is 5.86. The number of carbonyl (C=O) groups excluding carboxylic acids is 2. The van der Waals surface area contributed by atoms with Gasteiger partial charge in [-0.05, 0) is 47.5 Å². The summed E-state index contributed by atoms with van der Waals surface area (Å²) in [6, 6.07) is 5.71. The van der Waals surface area contributed by atoms with Crippen LogP contribution in [0.5, 0.6) is 0 Å². The summed E-state index contributed by atoms with van der Waals surface area (Å²) in [7, 11) is 0. The Morgan fingerprint density at radius 2 is 0.926 bits per heavy atom. The Kier molecular flexibility index (Phi) is 5.64. The quantitative estimate of drug-likeness (QED) is 0.441. The molecular weight excluding hydrogens is 421 g/mol. The molecule has 0 aromatic heterocycles. The first kappa shape index (κ1) is 21.2. The minimum atomic E-state index is -6.23. The van der Waals surface area contributed by atoms with Crippen LogP contribution in [0.2, 0.25) is 0 Å². The number of carbonyl (C=O) groups is 2. The zero-order valence-electron chi connectivity index (χ0n) is 13.0. The highest BCUT2D eigenvalue weighted by Gasteiger charge is 2.72. The molecule has 10 heteroatoms. The van der Waals surface area contributed by atoms with Gasteiger partial charge in [0.25, 0.3) is 10.5 Å². The summed E-state index contributed by atoms with van der Waals surface area (Å²) < 4.78 is 82.8. The largest absolute Gasteiger partial charge is 0.457 e. The predicted molar refractivity (Wildman–Crippen MR) is 86.1 cm³/mol. The fourth-order valence-corrected chi connectivity index (χ4v) is 2.64. The fraction of sp³-hybridized carbons (Fsp3) is 0.176. The summed E-state index contributed by atoms with van der Waals surface area (Å²) in [4.78, 5) is 22.1. The van der Waals surface area contributed by atoms with Crippen LogP contribution in [-0.4, -0.2) is 22.6 Å². The molecule has 0 amide bonds. The molecule has 0 aliphatic heterocycles. The molecule has 0 bridgehead atoms. The van der Waals surface area contributed by atoms with Crippen LogP contribution in [0.3, 0.4) is 0 Å². The third kappa shape index (κ3) is 3.68. The standard InChI is InChI=1S/C17H8Cl2F6O2/c18-13(26)9-1-5-11(6-2-9)15(20,16(21,22)17(23,24)25)12-7-3-10(4-8-12)14(19)27/h1-8H. The molecule has 0 saturated carbocycles. The van der Waals surface area contributed by atoms with Crippen LogP contribution in [0.15, 0.2) is 48.5 Å². The Labute approximate surface area is 158 Å². The molecule has 0 aliphatic rings. The van der Waals surface area contributed by atoms with E-state index >= 15 is 4.39 Å². The summed E-state index contributed by atoms with van der Waals surface area (Å²) in [5, 5.41) is -2.00. The Balaban J connectivity index is 2.72. The zero-order valence-corrected chi connectivity index (χ0v) is 14.5. The highest BCUT2D eigenvalue weighted by Crippen LogP contribution is 2.54. The van der Waals surface area contributed by atoms with Gasteiger partial charge in [-0.15, -0.1) is 0 Å². The number of alkyl halides is 6.